The first-order valence-electron chi connectivity index (χ1n) is 2.71. The molecule has 3 nitrogen and oxygen atoms in total. The predicted molar refractivity (Wildman–Crippen MR) is 40.3 cm³/mol. The Morgan fingerprint density at radius 2 is 1.80 bits per heavy atom. The molecule has 0 atom stereocenters. The van der Waals surface area contributed by atoms with Crippen LogP contribution in [0, 0.1) is 0 Å². The van der Waals surface area contributed by atoms with Crippen molar-refractivity contribution in [2.75, 3.05) is 0 Å². The molecule has 0 unspecified atom stereocenters. The maximum absolute atomic E-state index is 8.56. The third-order valence-corrected chi connectivity index (χ3v) is 0.777. The summed E-state index contributed by atoms with van der Waals surface area (Å²) in [6, 6.07) is 0. The van der Waals surface area contributed by atoms with Gasteiger partial charge in [0, 0.05) is 0 Å². The number of hydrogen-bond acceptors (Lipinski definition) is 1. The normalized spacial score (nSPS) is 9.20. The summed E-state index contributed by atoms with van der Waals surface area (Å²) in [5.41, 5.74) is 1.23. The first-order valence-corrected chi connectivity index (χ1v) is 2.71. The molecule has 0 aromatic heterocycles. The predicted octanol–water partition coefficient (Wildman–Crippen LogP) is 2.36. The molecule has 0 aliphatic heterocycles. The average molecular weight is 144 g/mol. The van der Waals surface area contributed by atoms with Crippen molar-refractivity contribution in [3.8, 4) is 0 Å². The third-order valence-electron chi connectivity index (χ3n) is 0.777. The zero-order valence-corrected chi connectivity index (χ0v) is 6.16. The van der Waals surface area contributed by atoms with Crippen LogP contribution in [0.1, 0.15) is 13.8 Å². The molecule has 0 fully saturated rings. The van der Waals surface area contributed by atoms with Gasteiger partial charge < -0.3 is 10.2 Å². The number of hydrogen-bond donors (Lipinski definition) is 2. The number of carbonyl (C=O) groups is 1. The lowest BCUT2D eigenvalue weighted by molar-refractivity contribution is 0.137. The second-order valence-electron chi connectivity index (χ2n) is 1.52. The van der Waals surface area contributed by atoms with Crippen molar-refractivity contribution in [1.29, 1.82) is 0 Å². The van der Waals surface area contributed by atoms with E-state index in [4.69, 9.17) is 15.0 Å². The van der Waals surface area contributed by atoms with Crippen LogP contribution in [0.5, 0.6) is 0 Å². The standard InChI is InChI=1S/C6H10.CH2O3/c1-4-6(3)5-2;2-1(3)4/h4-5H,1H2,2-3H3;(H2,2,3,4). The van der Waals surface area contributed by atoms with E-state index in [0.717, 1.165) is 0 Å². The Kier molecular flexibility index (Phi) is 8.94. The number of carboxylic acid groups (broad SMARTS) is 2. The molecular formula is C7H12O3. The highest BCUT2D eigenvalue weighted by molar-refractivity contribution is 5.53. The van der Waals surface area contributed by atoms with Crippen LogP contribution in [0.25, 0.3) is 0 Å². The van der Waals surface area contributed by atoms with Crippen molar-refractivity contribution in [3.05, 3.63) is 24.3 Å². The molecule has 0 bridgehead atoms. The topological polar surface area (TPSA) is 57.5 Å². The Morgan fingerprint density at radius 3 is 1.80 bits per heavy atom. The fourth-order valence-corrected chi connectivity index (χ4v) is 0.118. The van der Waals surface area contributed by atoms with E-state index in [-0.39, 0.29) is 0 Å². The molecule has 0 saturated carbocycles. The number of rotatable bonds is 1. The highest BCUT2D eigenvalue weighted by atomic mass is 16.6. The molecule has 0 radical (unpaired) electrons. The van der Waals surface area contributed by atoms with Crippen molar-refractivity contribution in [1.82, 2.24) is 0 Å². The first kappa shape index (κ1) is 11.5. The van der Waals surface area contributed by atoms with Crippen LogP contribution >= 0.6 is 0 Å². The largest absolute Gasteiger partial charge is 0.503 e. The average Bonchev–Trinajstić information content (AvgIpc) is 1.85. The Labute approximate surface area is 60.3 Å². The van der Waals surface area contributed by atoms with E-state index in [1.807, 2.05) is 26.0 Å². The summed E-state index contributed by atoms with van der Waals surface area (Å²) < 4.78 is 0. The van der Waals surface area contributed by atoms with Gasteiger partial charge in [0.05, 0.1) is 0 Å². The second kappa shape index (κ2) is 7.75. The number of allylic oxidation sites excluding steroid dienone is 3. The molecule has 0 spiro atoms. The van der Waals surface area contributed by atoms with Crippen LogP contribution in [-0.4, -0.2) is 16.4 Å². The summed E-state index contributed by atoms with van der Waals surface area (Å²) in [6.07, 6.45) is 2.02. The zero-order valence-electron chi connectivity index (χ0n) is 6.16. The lowest BCUT2D eigenvalue weighted by Gasteiger charge is -1.78. The molecule has 0 rings (SSSR count). The van der Waals surface area contributed by atoms with E-state index >= 15 is 0 Å². The van der Waals surface area contributed by atoms with Crippen LogP contribution < -0.4 is 0 Å². The van der Waals surface area contributed by atoms with E-state index in [0.29, 0.717) is 0 Å². The van der Waals surface area contributed by atoms with Crippen LogP contribution in [0.15, 0.2) is 24.3 Å². The minimum absolute atomic E-state index is 1.23. The Morgan fingerprint density at radius 1 is 1.50 bits per heavy atom. The Hall–Kier alpha value is -1.25. The molecule has 10 heavy (non-hydrogen) atoms. The van der Waals surface area contributed by atoms with Gasteiger partial charge in [0.25, 0.3) is 0 Å². The summed E-state index contributed by atoms with van der Waals surface area (Å²) in [7, 11) is 0. The summed E-state index contributed by atoms with van der Waals surface area (Å²) in [5, 5.41) is 13.9. The lowest BCUT2D eigenvalue weighted by Crippen LogP contribution is -1.81. The first-order chi connectivity index (χ1) is 4.54. The zero-order chi connectivity index (χ0) is 8.57. The van der Waals surface area contributed by atoms with E-state index in [2.05, 4.69) is 6.58 Å². The lowest BCUT2D eigenvalue weighted by atomic mass is 10.3. The molecule has 58 valence electrons. The molecule has 0 heterocycles. The molecule has 0 aliphatic rings. The Balaban J connectivity index is 0. The quantitative estimate of drug-likeness (QED) is 0.555. The third kappa shape index (κ3) is 29.5. The van der Waals surface area contributed by atoms with Crippen LogP contribution in [0.2, 0.25) is 0 Å². The molecule has 0 amide bonds. The summed E-state index contributed by atoms with van der Waals surface area (Å²) in [5.74, 6) is 0. The maximum atomic E-state index is 8.56. The van der Waals surface area contributed by atoms with Crippen LogP contribution in [-0.2, 0) is 0 Å². The van der Waals surface area contributed by atoms with Crippen molar-refractivity contribution >= 4 is 6.16 Å². The van der Waals surface area contributed by atoms with E-state index in [1.165, 1.54) is 5.57 Å². The van der Waals surface area contributed by atoms with Gasteiger partial charge in [0.15, 0.2) is 0 Å². The SMILES string of the molecule is C=CC(C)=CC.O=C(O)O. The van der Waals surface area contributed by atoms with Gasteiger partial charge in [-0.25, -0.2) is 4.79 Å². The fraction of sp³-hybridized carbons (Fsp3) is 0.286. The molecule has 0 aromatic rings. The molecule has 0 aromatic carbocycles. The maximum Gasteiger partial charge on any atom is 0.503 e. The molecule has 0 aliphatic carbocycles. The summed E-state index contributed by atoms with van der Waals surface area (Å²) in [4.78, 5) is 8.56. The van der Waals surface area contributed by atoms with Gasteiger partial charge in [0.1, 0.15) is 0 Å². The molecule has 2 N–H and O–H groups in total. The minimum atomic E-state index is -1.83. The van der Waals surface area contributed by atoms with Gasteiger partial charge in [-0.3, -0.25) is 0 Å². The van der Waals surface area contributed by atoms with Crippen molar-refractivity contribution in [2.45, 2.75) is 13.8 Å². The molecule has 3 heteroatoms. The van der Waals surface area contributed by atoms with Crippen LogP contribution in [0.4, 0.5) is 4.79 Å². The smallest absolute Gasteiger partial charge is 0.450 e. The second-order valence-corrected chi connectivity index (χ2v) is 1.52. The highest BCUT2D eigenvalue weighted by Crippen LogP contribution is 1.88. The van der Waals surface area contributed by atoms with Crippen molar-refractivity contribution in [3.63, 3.8) is 0 Å². The van der Waals surface area contributed by atoms with E-state index in [1.54, 1.807) is 0 Å². The highest BCUT2D eigenvalue weighted by Gasteiger charge is 1.70. The van der Waals surface area contributed by atoms with Gasteiger partial charge in [0.2, 0.25) is 0 Å². The van der Waals surface area contributed by atoms with Gasteiger partial charge >= 0.3 is 6.16 Å². The van der Waals surface area contributed by atoms with E-state index < -0.39 is 6.16 Å². The Bertz CT molecular complexity index is 132. The van der Waals surface area contributed by atoms with Gasteiger partial charge in [-0.1, -0.05) is 24.3 Å². The molecule has 0 saturated heterocycles. The summed E-state index contributed by atoms with van der Waals surface area (Å²) in [6.45, 7) is 7.58. The van der Waals surface area contributed by atoms with Gasteiger partial charge in [-0.15, -0.1) is 0 Å². The van der Waals surface area contributed by atoms with Gasteiger partial charge in [-0.05, 0) is 13.8 Å². The van der Waals surface area contributed by atoms with E-state index in [9.17, 15) is 0 Å². The van der Waals surface area contributed by atoms with Crippen molar-refractivity contribution in [2.24, 2.45) is 0 Å². The summed E-state index contributed by atoms with van der Waals surface area (Å²) >= 11 is 0. The van der Waals surface area contributed by atoms with Crippen molar-refractivity contribution < 1.29 is 15.0 Å². The monoisotopic (exact) mass is 144 g/mol. The fourth-order valence-electron chi connectivity index (χ4n) is 0.118. The minimum Gasteiger partial charge on any atom is -0.450 e. The molecular weight excluding hydrogens is 132 g/mol. The van der Waals surface area contributed by atoms with Gasteiger partial charge in [-0.2, -0.15) is 0 Å². The van der Waals surface area contributed by atoms with Crippen LogP contribution in [0.3, 0.4) is 0 Å².